The predicted molar refractivity (Wildman–Crippen MR) is 107 cm³/mol. The molecule has 2 N–H and O–H groups in total. The maximum absolute atomic E-state index is 12.1. The summed E-state index contributed by atoms with van der Waals surface area (Å²) >= 11 is 5.05. The third kappa shape index (κ3) is 6.01. The second-order valence-corrected chi connectivity index (χ2v) is 7.20. The summed E-state index contributed by atoms with van der Waals surface area (Å²) in [5.74, 6) is 0.0676. The Balaban J connectivity index is 0.00000144. The highest BCUT2D eigenvalue weighted by molar-refractivity contribution is 9.10. The molecule has 2 heterocycles. The van der Waals surface area contributed by atoms with Crippen molar-refractivity contribution in [3.8, 4) is 10.6 Å². The zero-order valence-electron chi connectivity index (χ0n) is 13.0. The van der Waals surface area contributed by atoms with Crippen LogP contribution in [0.5, 0.6) is 0 Å². The molecule has 1 saturated heterocycles. The van der Waals surface area contributed by atoms with E-state index in [0.29, 0.717) is 12.5 Å². The van der Waals surface area contributed by atoms with Crippen molar-refractivity contribution in [3.05, 3.63) is 39.8 Å². The van der Waals surface area contributed by atoms with Crippen LogP contribution in [0.3, 0.4) is 0 Å². The van der Waals surface area contributed by atoms with Gasteiger partial charge in [-0.3, -0.25) is 4.79 Å². The van der Waals surface area contributed by atoms with Crippen LogP contribution >= 0.6 is 52.1 Å². The predicted octanol–water partition coefficient (Wildman–Crippen LogP) is 3.83. The first-order valence-corrected chi connectivity index (χ1v) is 9.08. The average molecular weight is 453 g/mol. The molecule has 0 atom stereocenters. The number of nitrogens with one attached hydrogen (secondary N) is 2. The molecule has 0 saturated carbocycles. The summed E-state index contributed by atoms with van der Waals surface area (Å²) in [6, 6.07) is 8.35. The molecule has 0 radical (unpaired) electrons. The van der Waals surface area contributed by atoms with Gasteiger partial charge in [0, 0.05) is 21.5 Å². The quantitative estimate of drug-likeness (QED) is 0.741. The molecule has 0 aliphatic carbocycles. The fraction of sp³-hybridized carbons (Fsp3) is 0.375. The number of piperidine rings is 1. The Labute approximate surface area is 166 Å². The van der Waals surface area contributed by atoms with E-state index in [0.717, 1.165) is 46.7 Å². The van der Waals surface area contributed by atoms with Gasteiger partial charge in [-0.15, -0.1) is 36.2 Å². The van der Waals surface area contributed by atoms with E-state index < -0.39 is 0 Å². The number of rotatable bonds is 4. The molecule has 1 aromatic carbocycles. The van der Waals surface area contributed by atoms with E-state index in [4.69, 9.17) is 0 Å². The van der Waals surface area contributed by atoms with E-state index in [1.165, 1.54) is 0 Å². The van der Waals surface area contributed by atoms with E-state index in [1.807, 2.05) is 29.6 Å². The summed E-state index contributed by atoms with van der Waals surface area (Å²) in [5, 5.41) is 9.32. The lowest BCUT2D eigenvalue weighted by Gasteiger charge is -2.23. The van der Waals surface area contributed by atoms with Crippen LogP contribution in [-0.4, -0.2) is 30.0 Å². The summed E-state index contributed by atoms with van der Waals surface area (Å²) in [6.45, 7) is 1.96. The fourth-order valence-corrected chi connectivity index (χ4v) is 3.77. The van der Waals surface area contributed by atoms with E-state index in [1.54, 1.807) is 11.3 Å². The number of halogens is 3. The minimum Gasteiger partial charge on any atom is -0.353 e. The van der Waals surface area contributed by atoms with E-state index in [9.17, 15) is 4.79 Å². The van der Waals surface area contributed by atoms with Crippen molar-refractivity contribution in [2.45, 2.75) is 25.3 Å². The van der Waals surface area contributed by atoms with Gasteiger partial charge in [0.25, 0.3) is 0 Å². The number of carbonyl (C=O) groups excluding carboxylic acids is 1. The molecule has 1 fully saturated rings. The largest absolute Gasteiger partial charge is 0.353 e. The van der Waals surface area contributed by atoms with Crippen LogP contribution in [0.15, 0.2) is 34.1 Å². The second kappa shape index (κ2) is 10.4. The zero-order valence-corrected chi connectivity index (χ0v) is 17.0. The number of hydrogen-bond donors (Lipinski definition) is 2. The van der Waals surface area contributed by atoms with Gasteiger partial charge < -0.3 is 10.6 Å². The smallest absolute Gasteiger partial charge is 0.226 e. The Morgan fingerprint density at radius 1 is 1.33 bits per heavy atom. The fourth-order valence-electron chi connectivity index (χ4n) is 2.55. The molecule has 4 nitrogen and oxygen atoms in total. The molecular formula is C16H20BrCl2N3OS. The monoisotopic (exact) mass is 451 g/mol. The molecule has 0 spiro atoms. The lowest BCUT2D eigenvalue weighted by molar-refractivity contribution is -0.121. The molecule has 1 aromatic heterocycles. The first kappa shape index (κ1) is 21.4. The van der Waals surface area contributed by atoms with Crippen LogP contribution in [-0.2, 0) is 11.2 Å². The third-order valence-corrected chi connectivity index (χ3v) is 5.10. The highest BCUT2D eigenvalue weighted by Gasteiger charge is 2.16. The maximum Gasteiger partial charge on any atom is 0.226 e. The van der Waals surface area contributed by atoms with Gasteiger partial charge in [-0.1, -0.05) is 28.1 Å². The van der Waals surface area contributed by atoms with E-state index in [-0.39, 0.29) is 30.7 Å². The number of hydrogen-bond acceptors (Lipinski definition) is 4. The Kier molecular flexibility index (Phi) is 9.23. The van der Waals surface area contributed by atoms with Crippen molar-refractivity contribution in [2.24, 2.45) is 0 Å². The summed E-state index contributed by atoms with van der Waals surface area (Å²) in [6.07, 6.45) is 2.37. The van der Waals surface area contributed by atoms with Crippen molar-refractivity contribution in [2.75, 3.05) is 13.1 Å². The van der Waals surface area contributed by atoms with Crippen LogP contribution in [0.25, 0.3) is 10.6 Å². The lowest BCUT2D eigenvalue weighted by Crippen LogP contribution is -2.43. The number of amides is 1. The molecule has 3 rings (SSSR count). The third-order valence-electron chi connectivity index (χ3n) is 3.67. The lowest BCUT2D eigenvalue weighted by atomic mass is 10.1. The Morgan fingerprint density at radius 2 is 2.08 bits per heavy atom. The number of carbonyl (C=O) groups is 1. The van der Waals surface area contributed by atoms with Gasteiger partial charge in [-0.25, -0.2) is 4.98 Å². The van der Waals surface area contributed by atoms with Crippen molar-refractivity contribution in [1.82, 2.24) is 15.6 Å². The topological polar surface area (TPSA) is 54.0 Å². The van der Waals surface area contributed by atoms with Gasteiger partial charge in [-0.05, 0) is 38.1 Å². The number of thiazole rings is 1. The van der Waals surface area contributed by atoms with E-state index >= 15 is 0 Å². The molecule has 8 heteroatoms. The second-order valence-electron chi connectivity index (χ2n) is 5.42. The number of nitrogens with zero attached hydrogens (tertiary/aromatic N) is 1. The minimum atomic E-state index is 0. The van der Waals surface area contributed by atoms with Gasteiger partial charge in [-0.2, -0.15) is 0 Å². The van der Waals surface area contributed by atoms with Crippen molar-refractivity contribution in [3.63, 3.8) is 0 Å². The molecule has 0 unspecified atom stereocenters. The van der Waals surface area contributed by atoms with Gasteiger partial charge >= 0.3 is 0 Å². The average Bonchev–Trinajstić information content (AvgIpc) is 2.96. The Bertz CT molecular complexity index is 662. The molecule has 132 valence electrons. The highest BCUT2D eigenvalue weighted by atomic mass is 79.9. The normalized spacial score (nSPS) is 14.4. The summed E-state index contributed by atoms with van der Waals surface area (Å²) < 4.78 is 1.03. The van der Waals surface area contributed by atoms with Gasteiger partial charge in [0.05, 0.1) is 12.1 Å². The van der Waals surface area contributed by atoms with Gasteiger partial charge in [0.2, 0.25) is 5.91 Å². The molecule has 2 aromatic rings. The number of benzene rings is 1. The highest BCUT2D eigenvalue weighted by Crippen LogP contribution is 2.26. The Morgan fingerprint density at radius 3 is 2.79 bits per heavy atom. The molecule has 24 heavy (non-hydrogen) atoms. The van der Waals surface area contributed by atoms with Crippen LogP contribution < -0.4 is 10.6 Å². The molecule has 1 amide bonds. The van der Waals surface area contributed by atoms with Crippen molar-refractivity contribution in [1.29, 1.82) is 0 Å². The summed E-state index contributed by atoms with van der Waals surface area (Å²) in [5.41, 5.74) is 1.91. The van der Waals surface area contributed by atoms with Crippen LogP contribution in [0.2, 0.25) is 0 Å². The zero-order chi connectivity index (χ0) is 15.4. The standard InChI is InChI=1S/C16H18BrN3OS.2ClH/c17-12-3-1-2-11(8-12)16-20-14(10-22-16)9-15(21)19-13-4-6-18-7-5-13;;/h1-3,8,10,13,18H,4-7,9H2,(H,19,21);2*1H. The first-order chi connectivity index (χ1) is 10.7. The summed E-state index contributed by atoms with van der Waals surface area (Å²) in [7, 11) is 0. The Hall–Kier alpha value is -0.660. The SMILES string of the molecule is Cl.Cl.O=C(Cc1csc(-c2cccc(Br)c2)n1)NC1CCNCC1. The molecule has 1 aliphatic rings. The van der Waals surface area contributed by atoms with Gasteiger partial charge in [0.15, 0.2) is 0 Å². The first-order valence-electron chi connectivity index (χ1n) is 7.41. The molecule has 0 bridgehead atoms. The van der Waals surface area contributed by atoms with E-state index in [2.05, 4.69) is 31.5 Å². The van der Waals surface area contributed by atoms with Crippen molar-refractivity contribution >= 4 is 58.0 Å². The van der Waals surface area contributed by atoms with Gasteiger partial charge in [0.1, 0.15) is 5.01 Å². The summed E-state index contributed by atoms with van der Waals surface area (Å²) in [4.78, 5) is 16.7. The molecular weight excluding hydrogens is 433 g/mol. The number of aromatic nitrogens is 1. The molecule has 1 aliphatic heterocycles. The van der Waals surface area contributed by atoms with Crippen molar-refractivity contribution < 1.29 is 4.79 Å². The van der Waals surface area contributed by atoms with Crippen LogP contribution in [0.4, 0.5) is 0 Å². The van der Waals surface area contributed by atoms with Crippen LogP contribution in [0, 0.1) is 0 Å². The van der Waals surface area contributed by atoms with Crippen LogP contribution in [0.1, 0.15) is 18.5 Å². The maximum atomic E-state index is 12.1. The minimum absolute atomic E-state index is 0.